The molecule has 1 aliphatic heterocycles. The number of nitrogens with zero attached hydrogens (tertiary/aromatic N) is 2. The second-order valence-corrected chi connectivity index (χ2v) is 5.06. The van der Waals surface area contributed by atoms with E-state index >= 15 is 0 Å². The van der Waals surface area contributed by atoms with Crippen molar-refractivity contribution in [2.45, 2.75) is 33.6 Å². The van der Waals surface area contributed by atoms with Crippen molar-refractivity contribution in [1.29, 1.82) is 5.26 Å². The Morgan fingerprint density at radius 2 is 2.15 bits per heavy atom. The van der Waals surface area contributed by atoms with Crippen molar-refractivity contribution in [1.82, 2.24) is 4.90 Å². The number of nitriles is 1. The zero-order valence-electron chi connectivity index (χ0n) is 9.01. The predicted molar refractivity (Wildman–Crippen MR) is 54.2 cm³/mol. The second kappa shape index (κ2) is 4.11. The van der Waals surface area contributed by atoms with E-state index in [4.69, 9.17) is 5.26 Å². The van der Waals surface area contributed by atoms with Crippen molar-refractivity contribution in [3.63, 3.8) is 0 Å². The Morgan fingerprint density at radius 3 is 2.62 bits per heavy atom. The molecule has 0 radical (unpaired) electrons. The molecule has 1 atom stereocenters. The van der Waals surface area contributed by atoms with Crippen molar-refractivity contribution in [2.24, 2.45) is 11.3 Å². The van der Waals surface area contributed by atoms with Crippen LogP contribution in [0.3, 0.4) is 0 Å². The quantitative estimate of drug-likeness (QED) is 0.652. The van der Waals surface area contributed by atoms with Crippen LogP contribution >= 0.6 is 0 Å². The lowest BCUT2D eigenvalue weighted by atomic mass is 9.80. The summed E-state index contributed by atoms with van der Waals surface area (Å²) in [4.78, 5) is 2.42. The van der Waals surface area contributed by atoms with Gasteiger partial charge < -0.3 is 4.90 Å². The highest BCUT2D eigenvalue weighted by molar-refractivity contribution is 4.85. The smallest absolute Gasteiger partial charge is 0.0635 e. The van der Waals surface area contributed by atoms with Gasteiger partial charge in [-0.05, 0) is 24.3 Å². The van der Waals surface area contributed by atoms with Gasteiger partial charge in [-0.1, -0.05) is 20.8 Å². The summed E-state index contributed by atoms with van der Waals surface area (Å²) < 4.78 is 0. The summed E-state index contributed by atoms with van der Waals surface area (Å²) in [6, 6.07) is 2.21. The minimum Gasteiger partial charge on any atom is -0.302 e. The van der Waals surface area contributed by atoms with Gasteiger partial charge in [0, 0.05) is 19.5 Å². The van der Waals surface area contributed by atoms with Gasteiger partial charge in [0.15, 0.2) is 0 Å². The van der Waals surface area contributed by atoms with E-state index in [1.54, 1.807) is 0 Å². The summed E-state index contributed by atoms with van der Waals surface area (Å²) in [5.74, 6) is 0.811. The van der Waals surface area contributed by atoms with Crippen LogP contribution in [0.25, 0.3) is 0 Å². The third-order valence-corrected chi connectivity index (χ3v) is 3.04. The van der Waals surface area contributed by atoms with Crippen LogP contribution in [-0.2, 0) is 0 Å². The molecular formula is C11H20N2. The van der Waals surface area contributed by atoms with Gasteiger partial charge in [-0.2, -0.15) is 5.26 Å². The van der Waals surface area contributed by atoms with Gasteiger partial charge in [-0.25, -0.2) is 0 Å². The SMILES string of the molecule is CC(C)(C)[C@@H]1CCN(CCC#N)C1. The molecule has 74 valence electrons. The molecule has 1 saturated heterocycles. The highest BCUT2D eigenvalue weighted by Gasteiger charge is 2.31. The van der Waals surface area contributed by atoms with Crippen LogP contribution in [0, 0.1) is 22.7 Å². The van der Waals surface area contributed by atoms with Gasteiger partial charge in [-0.15, -0.1) is 0 Å². The maximum absolute atomic E-state index is 8.48. The molecule has 1 heterocycles. The molecule has 2 nitrogen and oxygen atoms in total. The molecule has 1 aliphatic rings. The lowest BCUT2D eigenvalue weighted by Crippen LogP contribution is -2.26. The molecule has 0 aromatic heterocycles. The third-order valence-electron chi connectivity index (χ3n) is 3.04. The summed E-state index contributed by atoms with van der Waals surface area (Å²) in [6.07, 6.45) is 1.98. The Bertz CT molecular complexity index is 197. The first-order valence-corrected chi connectivity index (χ1v) is 5.13. The van der Waals surface area contributed by atoms with Crippen LogP contribution < -0.4 is 0 Å². The summed E-state index contributed by atoms with van der Waals surface area (Å²) in [5.41, 5.74) is 0.432. The molecule has 0 saturated carbocycles. The van der Waals surface area contributed by atoms with Crippen molar-refractivity contribution in [2.75, 3.05) is 19.6 Å². The van der Waals surface area contributed by atoms with E-state index < -0.39 is 0 Å². The van der Waals surface area contributed by atoms with E-state index in [1.807, 2.05) is 0 Å². The fourth-order valence-electron chi connectivity index (χ4n) is 1.95. The lowest BCUT2D eigenvalue weighted by molar-refractivity contribution is 0.231. The van der Waals surface area contributed by atoms with Crippen LogP contribution in [0.2, 0.25) is 0 Å². The fraction of sp³-hybridized carbons (Fsp3) is 0.909. The first-order chi connectivity index (χ1) is 6.04. The van der Waals surface area contributed by atoms with Crippen LogP contribution in [0.1, 0.15) is 33.6 Å². The predicted octanol–water partition coefficient (Wildman–Crippen LogP) is 2.27. The van der Waals surface area contributed by atoms with Gasteiger partial charge in [0.25, 0.3) is 0 Å². The van der Waals surface area contributed by atoms with E-state index in [2.05, 4.69) is 31.7 Å². The van der Waals surface area contributed by atoms with Crippen molar-refractivity contribution in [3.05, 3.63) is 0 Å². The third kappa shape index (κ3) is 3.00. The Balaban J connectivity index is 2.33. The number of hydrogen-bond donors (Lipinski definition) is 0. The largest absolute Gasteiger partial charge is 0.302 e. The minimum absolute atomic E-state index is 0.432. The average molecular weight is 180 g/mol. The Kier molecular flexibility index (Phi) is 3.33. The van der Waals surface area contributed by atoms with Gasteiger partial charge in [0.2, 0.25) is 0 Å². The fourth-order valence-corrected chi connectivity index (χ4v) is 1.95. The number of hydrogen-bond acceptors (Lipinski definition) is 2. The molecule has 0 unspecified atom stereocenters. The molecule has 0 aromatic rings. The molecule has 0 N–H and O–H groups in total. The number of likely N-dealkylation sites (tertiary alicyclic amines) is 1. The van der Waals surface area contributed by atoms with Gasteiger partial charge >= 0.3 is 0 Å². The second-order valence-electron chi connectivity index (χ2n) is 5.06. The first-order valence-electron chi connectivity index (χ1n) is 5.13. The molecular weight excluding hydrogens is 160 g/mol. The zero-order valence-corrected chi connectivity index (χ0v) is 9.01. The molecule has 1 fully saturated rings. The maximum atomic E-state index is 8.48. The van der Waals surface area contributed by atoms with Crippen LogP contribution in [0.5, 0.6) is 0 Å². The van der Waals surface area contributed by atoms with Crippen LogP contribution in [0.15, 0.2) is 0 Å². The van der Waals surface area contributed by atoms with Crippen molar-refractivity contribution >= 4 is 0 Å². The molecule has 0 aromatic carbocycles. The average Bonchev–Trinajstić information content (AvgIpc) is 2.47. The Morgan fingerprint density at radius 1 is 1.46 bits per heavy atom. The zero-order chi connectivity index (χ0) is 9.90. The molecule has 0 amide bonds. The van der Waals surface area contributed by atoms with Crippen molar-refractivity contribution < 1.29 is 0 Å². The van der Waals surface area contributed by atoms with E-state index in [0.717, 1.165) is 12.5 Å². The molecule has 1 rings (SSSR count). The molecule has 0 spiro atoms. The standard InChI is InChI=1S/C11H20N2/c1-11(2,3)10-5-8-13(9-10)7-4-6-12/h10H,4-5,7-9H2,1-3H3/t10-/m1/s1. The summed E-state index contributed by atoms with van der Waals surface area (Å²) in [7, 11) is 0. The summed E-state index contributed by atoms with van der Waals surface area (Å²) in [5, 5.41) is 8.48. The lowest BCUT2D eigenvalue weighted by Gasteiger charge is -2.26. The van der Waals surface area contributed by atoms with Gasteiger partial charge in [-0.3, -0.25) is 0 Å². The highest BCUT2D eigenvalue weighted by Crippen LogP contribution is 2.33. The summed E-state index contributed by atoms with van der Waals surface area (Å²) >= 11 is 0. The monoisotopic (exact) mass is 180 g/mol. The van der Waals surface area contributed by atoms with Crippen LogP contribution in [0.4, 0.5) is 0 Å². The molecule has 0 bridgehead atoms. The van der Waals surface area contributed by atoms with Crippen molar-refractivity contribution in [3.8, 4) is 6.07 Å². The van der Waals surface area contributed by atoms with E-state index in [9.17, 15) is 0 Å². The Hall–Kier alpha value is -0.550. The number of rotatable bonds is 2. The molecule has 13 heavy (non-hydrogen) atoms. The minimum atomic E-state index is 0.432. The normalized spacial score (nSPS) is 24.6. The van der Waals surface area contributed by atoms with E-state index in [0.29, 0.717) is 11.8 Å². The summed E-state index contributed by atoms with van der Waals surface area (Å²) in [6.45, 7) is 10.3. The topological polar surface area (TPSA) is 27.0 Å². The van der Waals surface area contributed by atoms with Gasteiger partial charge in [0.1, 0.15) is 0 Å². The Labute approximate surface area is 81.5 Å². The first kappa shape index (κ1) is 10.5. The maximum Gasteiger partial charge on any atom is 0.0635 e. The van der Waals surface area contributed by atoms with E-state index in [1.165, 1.54) is 19.5 Å². The molecule has 0 aliphatic carbocycles. The van der Waals surface area contributed by atoms with Crippen LogP contribution in [-0.4, -0.2) is 24.5 Å². The molecule has 2 heteroatoms. The van der Waals surface area contributed by atoms with Gasteiger partial charge in [0.05, 0.1) is 6.07 Å². The highest BCUT2D eigenvalue weighted by atomic mass is 15.1. The van der Waals surface area contributed by atoms with E-state index in [-0.39, 0.29) is 0 Å².